The lowest BCUT2D eigenvalue weighted by Gasteiger charge is -2.25. The van der Waals surface area contributed by atoms with Crippen LogP contribution in [0.4, 0.5) is 0 Å². The first-order chi connectivity index (χ1) is 9.68. The number of fused-ring (bicyclic) bond motifs is 3. The van der Waals surface area contributed by atoms with E-state index in [0.717, 1.165) is 0 Å². The van der Waals surface area contributed by atoms with E-state index in [9.17, 15) is 0 Å². The predicted octanol–water partition coefficient (Wildman–Crippen LogP) is 5.91. The van der Waals surface area contributed by atoms with Crippen LogP contribution in [0.25, 0.3) is 11.1 Å². The minimum atomic E-state index is 0.617. The molecule has 0 heteroatoms. The smallest absolute Gasteiger partial charge is 0.0146 e. The number of hydrogen-bond acceptors (Lipinski definition) is 0. The summed E-state index contributed by atoms with van der Waals surface area (Å²) in [6, 6.07) is 13.5. The van der Waals surface area contributed by atoms with Crippen LogP contribution in [0.2, 0.25) is 0 Å². The van der Waals surface area contributed by atoms with Crippen molar-refractivity contribution in [1.29, 1.82) is 0 Å². The summed E-state index contributed by atoms with van der Waals surface area (Å²) < 4.78 is 0. The molecule has 0 N–H and O–H groups in total. The first kappa shape index (κ1) is 14.8. The van der Waals surface area contributed by atoms with Gasteiger partial charge in [0.25, 0.3) is 0 Å². The first-order valence-corrected chi connectivity index (χ1v) is 7.89. The van der Waals surface area contributed by atoms with Gasteiger partial charge in [0.2, 0.25) is 0 Å². The van der Waals surface area contributed by atoms with Gasteiger partial charge in [0.1, 0.15) is 0 Å². The van der Waals surface area contributed by atoms with Crippen LogP contribution in [0.15, 0.2) is 36.4 Å². The first-order valence-electron chi connectivity index (χ1n) is 7.89. The summed E-state index contributed by atoms with van der Waals surface area (Å²) in [7, 11) is 0. The molecule has 0 fully saturated rings. The third-order valence-electron chi connectivity index (χ3n) is 4.16. The molecule has 0 heterocycles. The molecule has 0 aliphatic heterocycles. The van der Waals surface area contributed by atoms with Gasteiger partial charge in [0, 0.05) is 0 Å². The lowest BCUT2D eigenvalue weighted by Crippen LogP contribution is -2.09. The highest BCUT2D eigenvalue weighted by molar-refractivity contribution is 5.75. The minimum Gasteiger partial charge on any atom is -0.0683 e. The fourth-order valence-electron chi connectivity index (χ4n) is 3.21. The zero-order chi connectivity index (χ0) is 14.7. The highest BCUT2D eigenvalue weighted by Crippen LogP contribution is 2.38. The fraction of sp³-hybridized carbons (Fsp3) is 0.400. The Kier molecular flexibility index (Phi) is 4.65. The quantitative estimate of drug-likeness (QED) is 0.602. The summed E-state index contributed by atoms with van der Waals surface area (Å²) in [4.78, 5) is 0. The van der Waals surface area contributed by atoms with E-state index in [1.165, 1.54) is 35.1 Å². The van der Waals surface area contributed by atoms with Crippen molar-refractivity contribution in [3.8, 4) is 11.1 Å². The Morgan fingerprint density at radius 1 is 0.800 bits per heavy atom. The van der Waals surface area contributed by atoms with E-state index in [1.807, 2.05) is 13.8 Å². The summed E-state index contributed by atoms with van der Waals surface area (Å²) in [5, 5.41) is 0. The highest BCUT2D eigenvalue weighted by atomic mass is 14.2. The summed E-state index contributed by atoms with van der Waals surface area (Å²) in [6.07, 6.45) is 2.39. The Balaban J connectivity index is 0.000000704. The van der Waals surface area contributed by atoms with Crippen LogP contribution in [0.5, 0.6) is 0 Å². The molecule has 1 aliphatic carbocycles. The van der Waals surface area contributed by atoms with Gasteiger partial charge in [-0.25, -0.2) is 0 Å². The van der Waals surface area contributed by atoms with Crippen LogP contribution in [0.3, 0.4) is 0 Å². The summed E-state index contributed by atoms with van der Waals surface area (Å²) in [6.45, 7) is 10.8. The SMILES string of the molecule is CC.Cc1cccc2c1CCc1c-2cccc1C(C)C. The zero-order valence-corrected chi connectivity index (χ0v) is 13.5. The molecule has 0 saturated heterocycles. The Labute approximate surface area is 123 Å². The monoisotopic (exact) mass is 266 g/mol. The predicted molar refractivity (Wildman–Crippen MR) is 89.5 cm³/mol. The van der Waals surface area contributed by atoms with Crippen molar-refractivity contribution in [2.75, 3.05) is 0 Å². The topological polar surface area (TPSA) is 0 Å². The van der Waals surface area contributed by atoms with Gasteiger partial charge in [0.15, 0.2) is 0 Å². The Hall–Kier alpha value is -1.56. The van der Waals surface area contributed by atoms with Gasteiger partial charge in [-0.1, -0.05) is 64.1 Å². The van der Waals surface area contributed by atoms with Crippen molar-refractivity contribution in [1.82, 2.24) is 0 Å². The number of hydrogen-bond donors (Lipinski definition) is 0. The third kappa shape index (κ3) is 2.52. The van der Waals surface area contributed by atoms with E-state index in [2.05, 4.69) is 57.2 Å². The second-order valence-electron chi connectivity index (χ2n) is 5.63. The summed E-state index contributed by atoms with van der Waals surface area (Å²) >= 11 is 0. The van der Waals surface area contributed by atoms with Gasteiger partial charge in [-0.05, 0) is 59.1 Å². The number of aryl methyl sites for hydroxylation is 1. The van der Waals surface area contributed by atoms with E-state index in [1.54, 1.807) is 11.1 Å². The third-order valence-corrected chi connectivity index (χ3v) is 4.16. The van der Waals surface area contributed by atoms with Crippen LogP contribution in [0, 0.1) is 6.92 Å². The Bertz CT molecular complexity index is 591. The normalized spacial score (nSPS) is 12.3. The maximum Gasteiger partial charge on any atom is -0.0146 e. The minimum absolute atomic E-state index is 0.617. The molecule has 0 aromatic heterocycles. The maximum atomic E-state index is 2.30. The zero-order valence-electron chi connectivity index (χ0n) is 13.5. The van der Waals surface area contributed by atoms with Crippen LogP contribution >= 0.6 is 0 Å². The molecular formula is C20H26. The van der Waals surface area contributed by atoms with Crippen LogP contribution in [-0.2, 0) is 12.8 Å². The van der Waals surface area contributed by atoms with Gasteiger partial charge in [-0.15, -0.1) is 0 Å². The molecule has 0 radical (unpaired) electrons. The standard InChI is InChI=1S/C18H20.C2H6/c1-12(2)14-7-5-9-17-16-8-4-6-13(3)15(16)10-11-18(14)17;1-2/h4-9,12H,10-11H2,1-3H3;1-2H3. The number of rotatable bonds is 1. The Morgan fingerprint density at radius 2 is 1.35 bits per heavy atom. The molecule has 20 heavy (non-hydrogen) atoms. The van der Waals surface area contributed by atoms with E-state index >= 15 is 0 Å². The molecular weight excluding hydrogens is 240 g/mol. The largest absolute Gasteiger partial charge is 0.0683 e. The fourth-order valence-corrected chi connectivity index (χ4v) is 3.21. The average Bonchev–Trinajstić information content (AvgIpc) is 2.48. The molecule has 3 rings (SSSR count). The number of benzene rings is 2. The molecule has 106 valence electrons. The van der Waals surface area contributed by atoms with Crippen molar-refractivity contribution in [2.24, 2.45) is 0 Å². The molecule has 0 spiro atoms. The molecule has 0 nitrogen and oxygen atoms in total. The lowest BCUT2D eigenvalue weighted by atomic mass is 9.80. The summed E-state index contributed by atoms with van der Waals surface area (Å²) in [5.74, 6) is 0.617. The molecule has 2 aromatic carbocycles. The van der Waals surface area contributed by atoms with Crippen molar-refractivity contribution in [2.45, 2.75) is 53.4 Å². The molecule has 0 amide bonds. The van der Waals surface area contributed by atoms with Crippen LogP contribution in [0.1, 0.15) is 55.9 Å². The molecule has 0 atom stereocenters. The van der Waals surface area contributed by atoms with E-state index in [-0.39, 0.29) is 0 Å². The van der Waals surface area contributed by atoms with Crippen LogP contribution < -0.4 is 0 Å². The second-order valence-corrected chi connectivity index (χ2v) is 5.63. The molecule has 0 bridgehead atoms. The van der Waals surface area contributed by atoms with E-state index in [4.69, 9.17) is 0 Å². The van der Waals surface area contributed by atoms with Crippen molar-refractivity contribution < 1.29 is 0 Å². The van der Waals surface area contributed by atoms with Crippen molar-refractivity contribution in [3.63, 3.8) is 0 Å². The summed E-state index contributed by atoms with van der Waals surface area (Å²) in [5.41, 5.74) is 9.01. The maximum absolute atomic E-state index is 2.30. The van der Waals surface area contributed by atoms with E-state index < -0.39 is 0 Å². The van der Waals surface area contributed by atoms with E-state index in [0.29, 0.717) is 5.92 Å². The van der Waals surface area contributed by atoms with Gasteiger partial charge < -0.3 is 0 Å². The van der Waals surface area contributed by atoms with Gasteiger partial charge >= 0.3 is 0 Å². The van der Waals surface area contributed by atoms with Crippen LogP contribution in [-0.4, -0.2) is 0 Å². The second kappa shape index (κ2) is 6.26. The molecule has 2 aromatic rings. The lowest BCUT2D eigenvalue weighted by molar-refractivity contribution is 0.822. The molecule has 1 aliphatic rings. The Morgan fingerprint density at radius 3 is 2.00 bits per heavy atom. The molecule has 0 saturated carbocycles. The van der Waals surface area contributed by atoms with Gasteiger partial charge in [-0.3, -0.25) is 0 Å². The average molecular weight is 266 g/mol. The highest BCUT2D eigenvalue weighted by Gasteiger charge is 2.20. The van der Waals surface area contributed by atoms with Crippen molar-refractivity contribution >= 4 is 0 Å². The van der Waals surface area contributed by atoms with Crippen molar-refractivity contribution in [3.05, 3.63) is 58.7 Å². The van der Waals surface area contributed by atoms with Gasteiger partial charge in [0.05, 0.1) is 0 Å². The van der Waals surface area contributed by atoms with Gasteiger partial charge in [-0.2, -0.15) is 0 Å². The molecule has 0 unspecified atom stereocenters.